The highest BCUT2D eigenvalue weighted by atomic mass is 32.1. The van der Waals surface area contributed by atoms with Crippen LogP contribution in [0.2, 0.25) is 0 Å². The SMILES string of the molecule is CCc1n[nH]c(CC2CCN(C(=O)c3sccc3C)CC2)n1. The number of amides is 1. The summed E-state index contributed by atoms with van der Waals surface area (Å²) >= 11 is 1.55. The monoisotopic (exact) mass is 318 g/mol. The third kappa shape index (κ3) is 3.21. The number of carbonyl (C=O) groups excluding carboxylic acids is 1. The van der Waals surface area contributed by atoms with Gasteiger partial charge in [0.05, 0.1) is 4.88 Å². The molecule has 0 radical (unpaired) electrons. The lowest BCUT2D eigenvalue weighted by Crippen LogP contribution is -2.38. The Labute approximate surface area is 134 Å². The second kappa shape index (κ2) is 6.60. The number of nitrogens with one attached hydrogen (secondary N) is 1. The second-order valence-corrected chi connectivity index (χ2v) is 6.84. The van der Waals surface area contributed by atoms with E-state index in [0.717, 1.165) is 60.9 Å². The molecule has 1 fully saturated rings. The normalized spacial score (nSPS) is 16.2. The van der Waals surface area contributed by atoms with Gasteiger partial charge >= 0.3 is 0 Å². The predicted molar refractivity (Wildman–Crippen MR) is 87.1 cm³/mol. The molecule has 1 amide bonds. The Morgan fingerprint density at radius 1 is 1.45 bits per heavy atom. The number of H-pyrrole nitrogens is 1. The van der Waals surface area contributed by atoms with Gasteiger partial charge in [0.15, 0.2) is 0 Å². The number of rotatable bonds is 4. The van der Waals surface area contributed by atoms with Crippen LogP contribution in [0.25, 0.3) is 0 Å². The highest BCUT2D eigenvalue weighted by Gasteiger charge is 2.25. The van der Waals surface area contributed by atoms with E-state index in [1.54, 1.807) is 11.3 Å². The van der Waals surface area contributed by atoms with Gasteiger partial charge < -0.3 is 4.90 Å². The molecule has 0 saturated carbocycles. The maximum absolute atomic E-state index is 12.5. The molecule has 3 heterocycles. The van der Waals surface area contributed by atoms with Gasteiger partial charge in [0.2, 0.25) is 0 Å². The molecule has 1 saturated heterocycles. The van der Waals surface area contributed by atoms with Crippen LogP contribution in [0.15, 0.2) is 11.4 Å². The standard InChI is InChI=1S/C16H22N4OS/c1-3-13-17-14(19-18-13)10-12-4-7-20(8-5-12)16(21)15-11(2)6-9-22-15/h6,9,12H,3-5,7-8,10H2,1-2H3,(H,17,18,19). The quantitative estimate of drug-likeness (QED) is 0.943. The Hall–Kier alpha value is -1.69. The second-order valence-electron chi connectivity index (χ2n) is 5.92. The van der Waals surface area contributed by atoms with Crippen LogP contribution in [0, 0.1) is 12.8 Å². The van der Waals surface area contributed by atoms with E-state index in [2.05, 4.69) is 22.1 Å². The molecule has 0 atom stereocenters. The molecule has 118 valence electrons. The smallest absolute Gasteiger partial charge is 0.264 e. The fourth-order valence-corrected chi connectivity index (χ4v) is 3.83. The van der Waals surface area contributed by atoms with Crippen molar-refractivity contribution < 1.29 is 4.79 Å². The molecule has 2 aromatic heterocycles. The van der Waals surface area contributed by atoms with Crippen LogP contribution in [0.3, 0.4) is 0 Å². The number of carbonyl (C=O) groups is 1. The summed E-state index contributed by atoms with van der Waals surface area (Å²) in [5.41, 5.74) is 1.09. The van der Waals surface area contributed by atoms with E-state index < -0.39 is 0 Å². The first-order chi connectivity index (χ1) is 10.7. The number of likely N-dealkylation sites (tertiary alicyclic amines) is 1. The number of hydrogen-bond acceptors (Lipinski definition) is 4. The van der Waals surface area contributed by atoms with Crippen molar-refractivity contribution >= 4 is 17.2 Å². The molecule has 2 aromatic rings. The Morgan fingerprint density at radius 3 is 2.82 bits per heavy atom. The van der Waals surface area contributed by atoms with Crippen LogP contribution in [0.1, 0.15) is 46.6 Å². The van der Waals surface area contributed by atoms with Crippen LogP contribution in [0.5, 0.6) is 0 Å². The number of aromatic nitrogens is 3. The summed E-state index contributed by atoms with van der Waals surface area (Å²) in [4.78, 5) is 19.9. The Kier molecular flexibility index (Phi) is 4.57. The van der Waals surface area contributed by atoms with Crippen molar-refractivity contribution in [1.29, 1.82) is 0 Å². The van der Waals surface area contributed by atoms with Gasteiger partial charge in [0, 0.05) is 25.9 Å². The van der Waals surface area contributed by atoms with E-state index in [4.69, 9.17) is 0 Å². The minimum absolute atomic E-state index is 0.193. The molecule has 3 rings (SSSR count). The summed E-state index contributed by atoms with van der Waals surface area (Å²) in [6, 6.07) is 2.01. The van der Waals surface area contributed by atoms with Gasteiger partial charge in [-0.2, -0.15) is 5.10 Å². The molecule has 6 heteroatoms. The molecule has 0 spiro atoms. The summed E-state index contributed by atoms with van der Waals surface area (Å²) in [6.45, 7) is 5.75. The number of piperidine rings is 1. The van der Waals surface area contributed by atoms with E-state index in [9.17, 15) is 4.79 Å². The van der Waals surface area contributed by atoms with Crippen LogP contribution in [-0.2, 0) is 12.8 Å². The average Bonchev–Trinajstić information content (AvgIpc) is 3.16. The zero-order chi connectivity index (χ0) is 15.5. The topological polar surface area (TPSA) is 61.9 Å². The van der Waals surface area contributed by atoms with E-state index >= 15 is 0 Å². The Balaban J connectivity index is 1.54. The minimum Gasteiger partial charge on any atom is -0.338 e. The van der Waals surface area contributed by atoms with Crippen molar-refractivity contribution in [3.8, 4) is 0 Å². The fourth-order valence-electron chi connectivity index (χ4n) is 2.93. The fraction of sp³-hybridized carbons (Fsp3) is 0.562. The molecule has 1 aliphatic heterocycles. The summed E-state index contributed by atoms with van der Waals surface area (Å²) in [6.07, 6.45) is 3.88. The summed E-state index contributed by atoms with van der Waals surface area (Å²) in [7, 11) is 0. The van der Waals surface area contributed by atoms with Crippen LogP contribution in [0.4, 0.5) is 0 Å². The molecule has 5 nitrogen and oxygen atoms in total. The maximum Gasteiger partial charge on any atom is 0.264 e. The van der Waals surface area contributed by atoms with E-state index in [1.165, 1.54) is 0 Å². The van der Waals surface area contributed by atoms with Gasteiger partial charge in [0.1, 0.15) is 11.6 Å². The molecular formula is C16H22N4OS. The van der Waals surface area contributed by atoms with Crippen LogP contribution in [-0.4, -0.2) is 39.1 Å². The van der Waals surface area contributed by atoms with Crippen LogP contribution < -0.4 is 0 Å². The zero-order valence-corrected chi connectivity index (χ0v) is 13.9. The summed E-state index contributed by atoms with van der Waals surface area (Å²) < 4.78 is 0. The molecular weight excluding hydrogens is 296 g/mol. The molecule has 22 heavy (non-hydrogen) atoms. The Morgan fingerprint density at radius 2 is 2.23 bits per heavy atom. The third-order valence-corrected chi connectivity index (χ3v) is 5.34. The van der Waals surface area contributed by atoms with E-state index in [0.29, 0.717) is 5.92 Å². The largest absolute Gasteiger partial charge is 0.338 e. The maximum atomic E-state index is 12.5. The molecule has 1 N–H and O–H groups in total. The zero-order valence-electron chi connectivity index (χ0n) is 13.1. The van der Waals surface area contributed by atoms with Gasteiger partial charge in [-0.25, -0.2) is 4.98 Å². The molecule has 0 aliphatic carbocycles. The van der Waals surface area contributed by atoms with Crippen molar-refractivity contribution in [3.05, 3.63) is 33.5 Å². The molecule has 0 bridgehead atoms. The average molecular weight is 318 g/mol. The van der Waals surface area contributed by atoms with Gasteiger partial charge in [0.25, 0.3) is 5.91 Å². The number of aryl methyl sites for hydroxylation is 2. The summed E-state index contributed by atoms with van der Waals surface area (Å²) in [5, 5.41) is 9.21. The van der Waals surface area contributed by atoms with E-state index in [1.807, 2.05) is 23.3 Å². The first kappa shape index (κ1) is 15.2. The number of aromatic amines is 1. The minimum atomic E-state index is 0.193. The first-order valence-corrected chi connectivity index (χ1v) is 8.79. The van der Waals surface area contributed by atoms with Crippen LogP contribution >= 0.6 is 11.3 Å². The predicted octanol–water partition coefficient (Wildman–Crippen LogP) is 2.83. The molecule has 0 aromatic carbocycles. The lowest BCUT2D eigenvalue weighted by Gasteiger charge is -2.31. The first-order valence-electron chi connectivity index (χ1n) is 7.91. The van der Waals surface area contributed by atoms with Crippen molar-refractivity contribution in [1.82, 2.24) is 20.1 Å². The number of hydrogen-bond donors (Lipinski definition) is 1. The van der Waals surface area contributed by atoms with Crippen molar-refractivity contribution in [3.63, 3.8) is 0 Å². The van der Waals surface area contributed by atoms with Crippen molar-refractivity contribution in [2.45, 2.75) is 39.5 Å². The van der Waals surface area contributed by atoms with Gasteiger partial charge in [-0.05, 0) is 42.7 Å². The Bertz CT molecular complexity index is 640. The number of nitrogens with zero attached hydrogens (tertiary/aromatic N) is 3. The van der Waals surface area contributed by atoms with Gasteiger partial charge in [-0.3, -0.25) is 9.89 Å². The van der Waals surface area contributed by atoms with Gasteiger partial charge in [-0.1, -0.05) is 6.92 Å². The lowest BCUT2D eigenvalue weighted by atomic mass is 9.93. The number of thiophene rings is 1. The third-order valence-electron chi connectivity index (χ3n) is 4.33. The molecule has 0 unspecified atom stereocenters. The van der Waals surface area contributed by atoms with E-state index in [-0.39, 0.29) is 5.91 Å². The van der Waals surface area contributed by atoms with Crippen molar-refractivity contribution in [2.75, 3.05) is 13.1 Å². The molecule has 1 aliphatic rings. The highest BCUT2D eigenvalue weighted by Crippen LogP contribution is 2.24. The highest BCUT2D eigenvalue weighted by molar-refractivity contribution is 7.12. The summed E-state index contributed by atoms with van der Waals surface area (Å²) in [5.74, 6) is 2.65. The van der Waals surface area contributed by atoms with Crippen molar-refractivity contribution in [2.24, 2.45) is 5.92 Å². The van der Waals surface area contributed by atoms with Gasteiger partial charge in [-0.15, -0.1) is 11.3 Å². The lowest BCUT2D eigenvalue weighted by molar-refractivity contribution is 0.0694.